The van der Waals surface area contributed by atoms with E-state index in [4.69, 9.17) is 9.84 Å². The molecule has 2 aromatic carbocycles. The monoisotopic (exact) mass is 382 g/mol. The van der Waals surface area contributed by atoms with Crippen LogP contribution in [0.3, 0.4) is 0 Å². The van der Waals surface area contributed by atoms with Gasteiger partial charge < -0.3 is 4.74 Å². The second-order valence-electron chi connectivity index (χ2n) is 7.08. The van der Waals surface area contributed by atoms with Crippen molar-refractivity contribution in [3.63, 3.8) is 0 Å². The molecular weight excluding hydrogens is 356 g/mol. The molecule has 1 heterocycles. The Kier molecular flexibility index (Phi) is 6.22. The van der Waals surface area contributed by atoms with Crippen LogP contribution in [0.4, 0.5) is 0 Å². The van der Waals surface area contributed by atoms with Crippen molar-refractivity contribution >= 4 is 28.5 Å². The van der Waals surface area contributed by atoms with E-state index < -0.39 is 0 Å². The third-order valence-electron chi connectivity index (χ3n) is 4.25. The Morgan fingerprint density at radius 1 is 1.22 bits per heavy atom. The molecule has 0 atom stereocenters. The number of thioether (sulfide) groups is 1. The summed E-state index contributed by atoms with van der Waals surface area (Å²) in [4.78, 5) is 12.6. The van der Waals surface area contributed by atoms with Crippen LogP contribution in [0, 0.1) is 5.92 Å². The number of carbonyl (C=O) groups excluding carboxylic acids is 1. The van der Waals surface area contributed by atoms with E-state index in [1.54, 1.807) is 11.8 Å². The maximum atomic E-state index is 11.5. The summed E-state index contributed by atoms with van der Waals surface area (Å²) in [5.74, 6) is 1.70. The molecule has 0 radical (unpaired) electrons. The number of aryl methyl sites for hydroxylation is 1. The van der Waals surface area contributed by atoms with Crippen LogP contribution in [0.1, 0.15) is 39.1 Å². The number of hydrogen-bond acceptors (Lipinski definition) is 4. The quantitative estimate of drug-likeness (QED) is 0.309. The van der Waals surface area contributed by atoms with Gasteiger partial charge in [-0.3, -0.25) is 9.48 Å². The second-order valence-corrected chi connectivity index (χ2v) is 8.13. The summed E-state index contributed by atoms with van der Waals surface area (Å²) in [5, 5.41) is 6.75. The third-order valence-corrected chi connectivity index (χ3v) is 5.26. The highest BCUT2D eigenvalue weighted by molar-refractivity contribution is 7.98. The van der Waals surface area contributed by atoms with Gasteiger partial charge in [0.2, 0.25) is 0 Å². The van der Waals surface area contributed by atoms with E-state index in [0.717, 1.165) is 40.1 Å². The molecule has 0 aliphatic heterocycles. The van der Waals surface area contributed by atoms with Crippen LogP contribution in [0.5, 0.6) is 5.75 Å². The lowest BCUT2D eigenvalue weighted by molar-refractivity contribution is -0.131. The maximum absolute atomic E-state index is 11.5. The average Bonchev–Trinajstić information content (AvgIpc) is 3.00. The molecule has 0 unspecified atom stereocenters. The highest BCUT2D eigenvalue weighted by Gasteiger charge is 2.11. The number of esters is 1. The standard InChI is InChI=1S/C22H26N2O2S/c1-5-18-11-19(24(23-18)13-15(2)3)14-27-20-10-17-8-6-7-9-21(17)22(12-20)26-16(4)25/h6-12,15H,5,13-14H2,1-4H3. The molecule has 5 heteroatoms. The van der Waals surface area contributed by atoms with Crippen molar-refractivity contribution in [2.24, 2.45) is 5.92 Å². The highest BCUT2D eigenvalue weighted by Crippen LogP contribution is 2.34. The van der Waals surface area contributed by atoms with Gasteiger partial charge >= 0.3 is 5.97 Å². The summed E-state index contributed by atoms with van der Waals surface area (Å²) in [6.45, 7) is 8.91. The van der Waals surface area contributed by atoms with E-state index in [9.17, 15) is 4.79 Å². The SMILES string of the molecule is CCc1cc(CSc2cc(OC(C)=O)c3ccccc3c2)n(CC(C)C)n1. The zero-order valence-corrected chi connectivity index (χ0v) is 17.2. The largest absolute Gasteiger partial charge is 0.426 e. The van der Waals surface area contributed by atoms with Gasteiger partial charge in [0.05, 0.1) is 5.69 Å². The number of aromatic nitrogens is 2. The molecule has 4 nitrogen and oxygen atoms in total. The first-order valence-electron chi connectivity index (χ1n) is 9.36. The summed E-state index contributed by atoms with van der Waals surface area (Å²) in [5.41, 5.74) is 2.36. The lowest BCUT2D eigenvalue weighted by Crippen LogP contribution is -2.09. The van der Waals surface area contributed by atoms with E-state index in [1.807, 2.05) is 30.3 Å². The van der Waals surface area contributed by atoms with Gasteiger partial charge in [0, 0.05) is 35.2 Å². The number of hydrogen-bond donors (Lipinski definition) is 0. The number of nitrogens with zero attached hydrogens (tertiary/aromatic N) is 2. The van der Waals surface area contributed by atoms with Crippen molar-refractivity contribution in [1.29, 1.82) is 0 Å². The number of rotatable bonds is 7. The lowest BCUT2D eigenvalue weighted by atomic mass is 10.1. The first-order valence-corrected chi connectivity index (χ1v) is 10.3. The topological polar surface area (TPSA) is 44.1 Å². The molecule has 0 fully saturated rings. The minimum atomic E-state index is -0.301. The van der Waals surface area contributed by atoms with Gasteiger partial charge in [-0.05, 0) is 35.9 Å². The zero-order valence-electron chi connectivity index (χ0n) is 16.4. The smallest absolute Gasteiger partial charge is 0.308 e. The molecule has 3 aromatic rings. The first kappa shape index (κ1) is 19.5. The van der Waals surface area contributed by atoms with Crippen LogP contribution in [0.15, 0.2) is 47.4 Å². The Hall–Kier alpha value is -2.27. The van der Waals surface area contributed by atoms with Crippen molar-refractivity contribution in [2.45, 2.75) is 51.3 Å². The van der Waals surface area contributed by atoms with E-state index in [0.29, 0.717) is 11.7 Å². The van der Waals surface area contributed by atoms with Crippen LogP contribution in [-0.2, 0) is 23.5 Å². The molecule has 0 saturated heterocycles. The molecule has 0 amide bonds. The molecule has 0 aliphatic rings. The van der Waals surface area contributed by atoms with E-state index >= 15 is 0 Å². The average molecular weight is 383 g/mol. The summed E-state index contributed by atoms with van der Waals surface area (Å²) in [7, 11) is 0. The third kappa shape index (κ3) is 4.92. The molecule has 1 aromatic heterocycles. The van der Waals surface area contributed by atoms with Crippen molar-refractivity contribution in [1.82, 2.24) is 9.78 Å². The molecule has 0 bridgehead atoms. The van der Waals surface area contributed by atoms with Gasteiger partial charge in [0.1, 0.15) is 5.75 Å². The van der Waals surface area contributed by atoms with Crippen molar-refractivity contribution in [3.8, 4) is 5.75 Å². The minimum Gasteiger partial charge on any atom is -0.426 e. The van der Waals surface area contributed by atoms with Gasteiger partial charge in [0.15, 0.2) is 0 Å². The van der Waals surface area contributed by atoms with Crippen molar-refractivity contribution in [3.05, 3.63) is 53.9 Å². The Balaban J connectivity index is 1.87. The molecule has 27 heavy (non-hydrogen) atoms. The molecule has 0 saturated carbocycles. The maximum Gasteiger partial charge on any atom is 0.308 e. The Morgan fingerprint density at radius 3 is 2.70 bits per heavy atom. The van der Waals surface area contributed by atoms with Crippen LogP contribution in [-0.4, -0.2) is 15.7 Å². The molecule has 0 spiro atoms. The van der Waals surface area contributed by atoms with Crippen LogP contribution in [0.25, 0.3) is 10.8 Å². The molecule has 0 aliphatic carbocycles. The fourth-order valence-electron chi connectivity index (χ4n) is 3.04. The molecular formula is C22H26N2O2S. The Bertz CT molecular complexity index is 947. The summed E-state index contributed by atoms with van der Waals surface area (Å²) < 4.78 is 7.58. The number of benzene rings is 2. The molecule has 0 N–H and O–H groups in total. The number of fused-ring (bicyclic) bond motifs is 1. The first-order chi connectivity index (χ1) is 13.0. The predicted molar refractivity (Wildman–Crippen MR) is 111 cm³/mol. The van der Waals surface area contributed by atoms with Crippen molar-refractivity contribution in [2.75, 3.05) is 0 Å². The predicted octanol–water partition coefficient (Wildman–Crippen LogP) is 5.47. The fourth-order valence-corrected chi connectivity index (χ4v) is 3.98. The van der Waals surface area contributed by atoms with Gasteiger partial charge in [-0.25, -0.2) is 0 Å². The van der Waals surface area contributed by atoms with Gasteiger partial charge in [0.25, 0.3) is 0 Å². The summed E-state index contributed by atoms with van der Waals surface area (Å²) >= 11 is 1.74. The van der Waals surface area contributed by atoms with Crippen LogP contribution < -0.4 is 4.74 Å². The number of ether oxygens (including phenoxy) is 1. The highest BCUT2D eigenvalue weighted by atomic mass is 32.2. The van der Waals surface area contributed by atoms with E-state index in [-0.39, 0.29) is 5.97 Å². The van der Waals surface area contributed by atoms with E-state index in [2.05, 4.69) is 37.6 Å². The minimum absolute atomic E-state index is 0.301. The van der Waals surface area contributed by atoms with E-state index in [1.165, 1.54) is 12.6 Å². The van der Waals surface area contributed by atoms with Gasteiger partial charge in [-0.2, -0.15) is 5.10 Å². The normalized spacial score (nSPS) is 11.3. The summed E-state index contributed by atoms with van der Waals surface area (Å²) in [6.07, 6.45) is 0.940. The van der Waals surface area contributed by atoms with Crippen LogP contribution >= 0.6 is 11.8 Å². The van der Waals surface area contributed by atoms with Gasteiger partial charge in [-0.1, -0.05) is 45.0 Å². The lowest BCUT2D eigenvalue weighted by Gasteiger charge is -2.11. The van der Waals surface area contributed by atoms with Gasteiger partial charge in [-0.15, -0.1) is 11.8 Å². The Labute approximate surface area is 164 Å². The van der Waals surface area contributed by atoms with Crippen LogP contribution in [0.2, 0.25) is 0 Å². The van der Waals surface area contributed by atoms with Crippen molar-refractivity contribution < 1.29 is 9.53 Å². The number of carbonyl (C=O) groups is 1. The molecule has 3 rings (SSSR count). The zero-order chi connectivity index (χ0) is 19.4. The Morgan fingerprint density at radius 2 is 2.00 bits per heavy atom. The fraction of sp³-hybridized carbons (Fsp3) is 0.364. The second kappa shape index (κ2) is 8.61. The summed E-state index contributed by atoms with van der Waals surface area (Å²) in [6, 6.07) is 14.3. The molecule has 142 valence electrons.